The van der Waals surface area contributed by atoms with Gasteiger partial charge in [-0.2, -0.15) is 35.0 Å². The Morgan fingerprint density at radius 2 is 1.03 bits per heavy atom. The van der Waals surface area contributed by atoms with E-state index in [1.54, 1.807) is 46.7 Å². The number of aliphatic hydroxyl groups excluding tert-OH is 2. The molecular formula is C44H63F6IN12O13S2. The molecule has 1 amide bonds. The number of piperazine rings is 2. The van der Waals surface area contributed by atoms with Crippen LogP contribution in [-0.4, -0.2) is 198 Å². The molecule has 6 heterocycles. The zero-order valence-corrected chi connectivity index (χ0v) is 44.5. The van der Waals surface area contributed by atoms with Crippen LogP contribution in [0.15, 0.2) is 73.6 Å². The number of hydrogen-bond acceptors (Lipinski definition) is 20. The van der Waals surface area contributed by atoms with Crippen LogP contribution >= 0.6 is 24.0 Å². The lowest BCUT2D eigenvalue weighted by Crippen LogP contribution is -2.51. The van der Waals surface area contributed by atoms with Crippen molar-refractivity contribution in [3.05, 3.63) is 96.4 Å². The van der Waals surface area contributed by atoms with Gasteiger partial charge < -0.3 is 35.4 Å². The Morgan fingerprint density at radius 3 is 1.35 bits per heavy atom. The number of rotatable bonds is 22. The van der Waals surface area contributed by atoms with Crippen LogP contribution in [0.3, 0.4) is 0 Å². The number of carbonyl (C=O) groups excluding carboxylic acids is 1. The molecule has 0 bridgehead atoms. The first-order chi connectivity index (χ1) is 35.7. The Morgan fingerprint density at radius 1 is 0.654 bits per heavy atom. The van der Waals surface area contributed by atoms with Crippen LogP contribution in [0.25, 0.3) is 0 Å². The first kappa shape index (κ1) is 68.5. The van der Waals surface area contributed by atoms with Crippen LogP contribution in [-0.2, 0) is 59.6 Å². The number of aliphatic carboxylic acids is 2. The van der Waals surface area contributed by atoms with E-state index in [2.05, 4.69) is 35.4 Å². The van der Waals surface area contributed by atoms with Gasteiger partial charge in [-0.05, 0) is 62.1 Å². The summed E-state index contributed by atoms with van der Waals surface area (Å²) in [6.07, 6.45) is -2.59. The van der Waals surface area contributed by atoms with Gasteiger partial charge in [-0.1, -0.05) is 7.43 Å². The number of aliphatic hydroxyl groups is 2. The highest BCUT2D eigenvalue weighted by molar-refractivity contribution is 14.0. The van der Waals surface area contributed by atoms with Gasteiger partial charge in [0.25, 0.3) is 0 Å². The average molecular weight is 1270 g/mol. The summed E-state index contributed by atoms with van der Waals surface area (Å²) >= 11 is 0. The molecule has 25 nitrogen and oxygen atoms in total. The van der Waals surface area contributed by atoms with Crippen molar-refractivity contribution in [1.82, 2.24) is 49.1 Å². The maximum atomic E-state index is 12.9. The van der Waals surface area contributed by atoms with Crippen LogP contribution in [0.1, 0.15) is 57.3 Å². The predicted molar refractivity (Wildman–Crippen MR) is 277 cm³/mol. The lowest BCUT2D eigenvalue weighted by molar-refractivity contribution is -0.165. The Labute approximate surface area is 463 Å². The number of hydrogen-bond donors (Lipinski definition) is 7. The van der Waals surface area contributed by atoms with Crippen molar-refractivity contribution in [2.75, 3.05) is 73.7 Å². The number of carboxylic acid groups (broad SMARTS) is 2. The summed E-state index contributed by atoms with van der Waals surface area (Å²) in [5.74, 6) is -2.34. The number of halogens is 7. The largest absolute Gasteiger partial charge is 0.479 e. The molecule has 4 unspecified atom stereocenters. The van der Waals surface area contributed by atoms with Crippen molar-refractivity contribution >= 4 is 74.0 Å². The molecule has 0 spiro atoms. The van der Waals surface area contributed by atoms with Gasteiger partial charge in [0.15, 0.2) is 12.2 Å². The summed E-state index contributed by atoms with van der Waals surface area (Å²) in [4.78, 5) is 58.2. The van der Waals surface area contributed by atoms with E-state index in [0.717, 1.165) is 24.5 Å². The van der Waals surface area contributed by atoms with E-state index in [0.29, 0.717) is 73.5 Å². The average Bonchev–Trinajstić information content (AvgIpc) is 3.40. The Bertz CT molecular complexity index is 2640. The highest BCUT2D eigenvalue weighted by Gasteiger charge is 2.35. The number of hydroxylamine groups is 3. The summed E-state index contributed by atoms with van der Waals surface area (Å²) in [7, 11) is -7.46. The van der Waals surface area contributed by atoms with Crippen LogP contribution in [0.4, 0.5) is 38.0 Å². The highest BCUT2D eigenvalue weighted by atomic mass is 127. The van der Waals surface area contributed by atoms with Gasteiger partial charge in [-0.15, -0.1) is 24.0 Å². The molecule has 4 aromatic rings. The minimum Gasteiger partial charge on any atom is -0.479 e. The number of sulfonamides is 2. The van der Waals surface area contributed by atoms with Crippen LogP contribution in [0, 0.1) is 0 Å². The highest BCUT2D eigenvalue weighted by Crippen LogP contribution is 2.31. The second-order valence-electron chi connectivity index (χ2n) is 16.8. The van der Waals surface area contributed by atoms with Gasteiger partial charge in [0.1, 0.15) is 23.3 Å². The molecule has 0 aromatic carbocycles. The van der Waals surface area contributed by atoms with Crippen molar-refractivity contribution in [2.24, 2.45) is 0 Å². The molecule has 78 heavy (non-hydrogen) atoms. The molecule has 7 N–H and O–H groups in total. The second-order valence-corrected chi connectivity index (χ2v) is 20.8. The Hall–Kier alpha value is -5.60. The molecule has 2 saturated heterocycles. The topological polar surface area (TPSA) is 346 Å². The van der Waals surface area contributed by atoms with Gasteiger partial charge in [-0.3, -0.25) is 10.0 Å². The smallest absolute Gasteiger partial charge is 0.417 e. The van der Waals surface area contributed by atoms with E-state index in [-0.39, 0.29) is 90.7 Å². The van der Waals surface area contributed by atoms with Crippen molar-refractivity contribution in [3.8, 4) is 0 Å². The van der Waals surface area contributed by atoms with Gasteiger partial charge in [0.2, 0.25) is 26.5 Å². The number of amides is 1. The van der Waals surface area contributed by atoms with Gasteiger partial charge >= 0.3 is 24.3 Å². The number of nitrogens with zero attached hydrogens (tertiary/aromatic N) is 11. The quantitative estimate of drug-likeness (QED) is 0.0195. The molecule has 2 aliphatic rings. The van der Waals surface area contributed by atoms with Crippen molar-refractivity contribution < 1.29 is 89.8 Å². The SMILES string of the molecule is C.I.O=C(O)C(O)C(O)C(=O)O.O=CN(O)C(CCCc1ncccn1)CS(=O)(=O)N1CCN(c2ccc(C(F)(F)F)cn2)CC1.O=S(=O)(CC(CCCc1ncccn1)NO)N1CCN(c2ccc(C(F)(F)F)cn2)CC1.[HH]. The normalized spacial score (nSPS) is 16.0. The van der Waals surface area contributed by atoms with Gasteiger partial charge in [-0.25, -0.2) is 66.9 Å². The lowest BCUT2D eigenvalue weighted by atomic mass is 10.1. The third-order valence-electron chi connectivity index (χ3n) is 11.5. The van der Waals surface area contributed by atoms with Crippen LogP contribution in [0.2, 0.25) is 0 Å². The molecule has 4 atom stereocenters. The summed E-state index contributed by atoms with van der Waals surface area (Å²) in [6, 6.07) is 6.24. The maximum absolute atomic E-state index is 12.9. The van der Waals surface area contributed by atoms with E-state index < -0.39 is 85.5 Å². The van der Waals surface area contributed by atoms with Gasteiger partial charge in [0.05, 0.1) is 28.7 Å². The van der Waals surface area contributed by atoms with E-state index >= 15 is 0 Å². The zero-order chi connectivity index (χ0) is 56.3. The maximum Gasteiger partial charge on any atom is 0.417 e. The molecule has 0 radical (unpaired) electrons. The summed E-state index contributed by atoms with van der Waals surface area (Å²) in [5, 5.41) is 52.2. The number of alkyl halides is 6. The number of carboxylic acids is 2. The lowest BCUT2D eigenvalue weighted by Gasteiger charge is -2.35. The molecule has 2 aliphatic heterocycles. The fourth-order valence-electron chi connectivity index (χ4n) is 7.33. The number of anilines is 2. The first-order valence-electron chi connectivity index (χ1n) is 22.9. The molecule has 0 aliphatic carbocycles. The molecular weight excluding hydrogens is 1210 g/mol. The van der Waals surface area contributed by atoms with E-state index in [4.69, 9.17) is 20.4 Å². The Balaban J connectivity index is 0.000000653. The molecule has 6 rings (SSSR count). The standard InChI is InChI=1S/C20H25F3N6O4S.C19H25F3N6O3S.C4H6O6.CH4.HI.H2/c21-20(22,23)16-5-6-19(26-13-16)27-9-11-28(12-10-27)34(32,33)14-17(29(31)15-30)3-1-4-18-24-7-2-8-25-18;20-19(21,22)15-5-6-18(25-13-15)27-9-11-28(12-10-27)32(30,31)14-16(26-29)3-1-4-17-23-7-2-8-24-17;5-1(3(7)8)2(6)4(9)10;;;/h2,5-8,13,15,17,31H,1,3-4,9-12,14H2;2,5-8,13,16,26,29H,1,3-4,9-12,14H2;1-2,5-6H,(H,7,8)(H,9,10);1H4;2*1H. The van der Waals surface area contributed by atoms with Crippen molar-refractivity contribution in [1.29, 1.82) is 0 Å². The van der Waals surface area contributed by atoms with Gasteiger partial charge in [0, 0.05) is 110 Å². The fraction of sp³-hybridized carbons (Fsp3) is 0.523. The van der Waals surface area contributed by atoms with E-state index in [1.807, 2.05) is 0 Å². The third kappa shape index (κ3) is 21.9. The van der Waals surface area contributed by atoms with E-state index in [1.165, 1.54) is 20.7 Å². The fourth-order valence-corrected chi connectivity index (χ4v) is 10.8. The summed E-state index contributed by atoms with van der Waals surface area (Å²) in [5.41, 5.74) is 0.391. The number of carbonyl (C=O) groups is 3. The zero-order valence-electron chi connectivity index (χ0n) is 40.6. The minimum absolute atomic E-state index is 0. The van der Waals surface area contributed by atoms with Crippen molar-refractivity contribution in [2.45, 2.75) is 82.6 Å². The number of pyridine rings is 2. The van der Waals surface area contributed by atoms with Crippen LogP contribution < -0.4 is 15.3 Å². The molecule has 0 saturated carbocycles. The molecule has 438 valence electrons. The Kier molecular flexibility index (Phi) is 28.0. The summed E-state index contributed by atoms with van der Waals surface area (Å²) < 4.78 is 130. The predicted octanol–water partition coefficient (Wildman–Crippen LogP) is 2.67. The van der Waals surface area contributed by atoms with E-state index in [9.17, 15) is 68.0 Å². The number of nitrogens with one attached hydrogen (secondary N) is 1. The third-order valence-corrected chi connectivity index (χ3v) is 15.4. The number of aryl methyl sites for hydroxylation is 2. The second kappa shape index (κ2) is 31.9. The number of aromatic nitrogens is 6. The molecule has 34 heteroatoms. The van der Waals surface area contributed by atoms with Crippen LogP contribution in [0.5, 0.6) is 0 Å². The van der Waals surface area contributed by atoms with Crippen molar-refractivity contribution in [3.63, 3.8) is 0 Å². The minimum atomic E-state index is -4.48. The molecule has 2 fully saturated rings. The first-order valence-corrected chi connectivity index (χ1v) is 26.1. The monoisotopic (exact) mass is 1270 g/mol. The summed E-state index contributed by atoms with van der Waals surface area (Å²) in [6.45, 7) is 1.65. The molecule has 4 aromatic heterocycles.